The summed E-state index contributed by atoms with van der Waals surface area (Å²) in [6.07, 6.45) is 1.57. The highest BCUT2D eigenvalue weighted by molar-refractivity contribution is 7.10. The predicted octanol–water partition coefficient (Wildman–Crippen LogP) is 3.09. The van der Waals surface area contributed by atoms with Gasteiger partial charge >= 0.3 is 0 Å². The lowest BCUT2D eigenvalue weighted by molar-refractivity contribution is -0.120. The predicted molar refractivity (Wildman–Crippen MR) is 104 cm³/mol. The van der Waals surface area contributed by atoms with Gasteiger partial charge in [0.15, 0.2) is 0 Å². The summed E-state index contributed by atoms with van der Waals surface area (Å²) in [7, 11) is 1.68. The molecule has 1 aromatic heterocycles. The van der Waals surface area contributed by atoms with E-state index in [0.717, 1.165) is 48.0 Å². The molecule has 1 aliphatic rings. The number of thiophene rings is 1. The number of fused-ring (bicyclic) bond motifs is 1. The number of amides is 1. The highest BCUT2D eigenvalue weighted by atomic mass is 32.1. The second-order valence-electron chi connectivity index (χ2n) is 6.46. The first kappa shape index (κ1) is 18.7. The summed E-state index contributed by atoms with van der Waals surface area (Å²) in [5, 5.41) is 5.03. The van der Waals surface area contributed by atoms with Gasteiger partial charge in [-0.3, -0.25) is 9.69 Å². The number of rotatable bonds is 7. The number of benzene rings is 1. The Balaban J connectivity index is 1.57. The Kier molecular flexibility index (Phi) is 6.52. The minimum Gasteiger partial charge on any atom is -0.497 e. The number of carbonyl (C=O) groups is 1. The normalized spacial score (nSPS) is 17.1. The van der Waals surface area contributed by atoms with E-state index in [-0.39, 0.29) is 12.0 Å². The van der Waals surface area contributed by atoms with Crippen LogP contribution in [0.25, 0.3) is 0 Å². The van der Waals surface area contributed by atoms with Crippen LogP contribution in [-0.4, -0.2) is 43.7 Å². The molecular formula is C20H26N2O3S. The van der Waals surface area contributed by atoms with Crippen LogP contribution < -0.4 is 14.8 Å². The van der Waals surface area contributed by atoms with Gasteiger partial charge in [0, 0.05) is 36.6 Å². The largest absolute Gasteiger partial charge is 0.497 e. The number of hydrogen-bond donors (Lipinski definition) is 1. The van der Waals surface area contributed by atoms with Crippen molar-refractivity contribution in [1.29, 1.82) is 0 Å². The zero-order valence-corrected chi connectivity index (χ0v) is 16.2. The molecule has 1 atom stereocenters. The highest BCUT2D eigenvalue weighted by Gasteiger charge is 2.22. The summed E-state index contributed by atoms with van der Waals surface area (Å²) in [5.74, 6) is 1.85. The first-order valence-electron chi connectivity index (χ1n) is 9.03. The number of hydrogen-bond acceptors (Lipinski definition) is 5. The Morgan fingerprint density at radius 3 is 3.04 bits per heavy atom. The smallest absolute Gasteiger partial charge is 0.225 e. The van der Waals surface area contributed by atoms with Crippen LogP contribution in [0, 0.1) is 0 Å². The standard InChI is InChI=1S/C20H26N2O3S/c1-3-16-14-22(9-8-21-20(23)12-18-5-4-10-26-18)13-15-11-17(24-2)6-7-19(15)25-16/h4-7,10-11,16H,3,8-9,12-14H2,1-2H3,(H,21,23). The third kappa shape index (κ3) is 4.99. The van der Waals surface area contributed by atoms with Gasteiger partial charge in [-0.2, -0.15) is 0 Å². The van der Waals surface area contributed by atoms with Crippen molar-refractivity contribution in [3.63, 3.8) is 0 Å². The molecule has 1 aromatic carbocycles. The molecule has 0 bridgehead atoms. The van der Waals surface area contributed by atoms with Crippen LogP contribution in [0.2, 0.25) is 0 Å². The van der Waals surface area contributed by atoms with Crippen LogP contribution in [0.4, 0.5) is 0 Å². The number of methoxy groups -OCH3 is 1. The first-order chi connectivity index (χ1) is 12.7. The summed E-state index contributed by atoms with van der Waals surface area (Å²) in [6.45, 7) is 5.23. The maximum absolute atomic E-state index is 12.1. The zero-order chi connectivity index (χ0) is 18.4. The van der Waals surface area contributed by atoms with Crippen molar-refractivity contribution in [2.24, 2.45) is 0 Å². The first-order valence-corrected chi connectivity index (χ1v) is 9.91. The Morgan fingerprint density at radius 1 is 1.42 bits per heavy atom. The molecule has 1 unspecified atom stereocenters. The van der Waals surface area contributed by atoms with Crippen LogP contribution in [0.3, 0.4) is 0 Å². The molecule has 6 heteroatoms. The van der Waals surface area contributed by atoms with Gasteiger partial charge in [0.1, 0.15) is 17.6 Å². The Morgan fingerprint density at radius 2 is 2.31 bits per heavy atom. The molecule has 0 saturated carbocycles. The zero-order valence-electron chi connectivity index (χ0n) is 15.4. The van der Waals surface area contributed by atoms with Crippen molar-refractivity contribution in [2.75, 3.05) is 26.7 Å². The third-order valence-corrected chi connectivity index (χ3v) is 5.41. The number of nitrogens with one attached hydrogen (secondary N) is 1. The van der Waals surface area contributed by atoms with E-state index in [4.69, 9.17) is 9.47 Å². The second-order valence-corrected chi connectivity index (χ2v) is 7.50. The van der Waals surface area contributed by atoms with Gasteiger partial charge < -0.3 is 14.8 Å². The van der Waals surface area contributed by atoms with Crippen LogP contribution in [-0.2, 0) is 17.8 Å². The van der Waals surface area contributed by atoms with E-state index < -0.39 is 0 Å². The van der Waals surface area contributed by atoms with Gasteiger partial charge in [0.2, 0.25) is 5.91 Å². The summed E-state index contributed by atoms with van der Waals surface area (Å²) < 4.78 is 11.5. The van der Waals surface area contributed by atoms with Crippen molar-refractivity contribution in [3.8, 4) is 11.5 Å². The van der Waals surface area contributed by atoms with Crippen molar-refractivity contribution in [3.05, 3.63) is 46.2 Å². The molecule has 140 valence electrons. The summed E-state index contributed by atoms with van der Waals surface area (Å²) in [6, 6.07) is 9.93. The molecule has 2 heterocycles. The number of ether oxygens (including phenoxy) is 2. The molecule has 1 amide bonds. The van der Waals surface area contributed by atoms with Gasteiger partial charge in [-0.25, -0.2) is 0 Å². The molecule has 0 aliphatic carbocycles. The second kappa shape index (κ2) is 9.05. The van der Waals surface area contributed by atoms with Crippen molar-refractivity contribution >= 4 is 17.2 Å². The summed E-state index contributed by atoms with van der Waals surface area (Å²) >= 11 is 1.61. The topological polar surface area (TPSA) is 50.8 Å². The highest BCUT2D eigenvalue weighted by Crippen LogP contribution is 2.29. The lowest BCUT2D eigenvalue weighted by Crippen LogP contribution is -2.38. The quantitative estimate of drug-likeness (QED) is 0.809. The number of nitrogens with zero attached hydrogens (tertiary/aromatic N) is 1. The Labute approximate surface area is 158 Å². The molecule has 5 nitrogen and oxygen atoms in total. The maximum Gasteiger partial charge on any atom is 0.225 e. The van der Waals surface area contributed by atoms with E-state index in [0.29, 0.717) is 13.0 Å². The van der Waals surface area contributed by atoms with Gasteiger partial charge in [0.05, 0.1) is 13.5 Å². The van der Waals surface area contributed by atoms with E-state index >= 15 is 0 Å². The Hall–Kier alpha value is -2.05. The van der Waals surface area contributed by atoms with Gasteiger partial charge in [-0.15, -0.1) is 11.3 Å². The lowest BCUT2D eigenvalue weighted by Gasteiger charge is -2.23. The van der Waals surface area contributed by atoms with Crippen molar-refractivity contribution < 1.29 is 14.3 Å². The molecule has 1 aliphatic heterocycles. The van der Waals surface area contributed by atoms with E-state index in [1.54, 1.807) is 18.4 Å². The fraction of sp³-hybridized carbons (Fsp3) is 0.450. The third-order valence-electron chi connectivity index (χ3n) is 4.54. The van der Waals surface area contributed by atoms with Gasteiger partial charge in [0.25, 0.3) is 0 Å². The summed E-state index contributed by atoms with van der Waals surface area (Å²) in [5.41, 5.74) is 1.13. The van der Waals surface area contributed by atoms with E-state index in [1.165, 1.54) is 0 Å². The average molecular weight is 375 g/mol. The van der Waals surface area contributed by atoms with E-state index in [2.05, 4.69) is 17.1 Å². The molecule has 26 heavy (non-hydrogen) atoms. The van der Waals surface area contributed by atoms with Crippen LogP contribution >= 0.6 is 11.3 Å². The molecule has 1 N–H and O–H groups in total. The molecular weight excluding hydrogens is 348 g/mol. The fourth-order valence-electron chi connectivity index (χ4n) is 3.10. The van der Waals surface area contributed by atoms with Crippen LogP contribution in [0.5, 0.6) is 11.5 Å². The molecule has 0 radical (unpaired) electrons. The molecule has 0 spiro atoms. The minimum atomic E-state index is 0.0765. The van der Waals surface area contributed by atoms with Gasteiger partial charge in [-0.05, 0) is 36.1 Å². The SMILES string of the molecule is CCC1CN(CCNC(=O)Cc2cccs2)Cc2cc(OC)ccc2O1. The van der Waals surface area contributed by atoms with Crippen molar-refractivity contribution in [1.82, 2.24) is 10.2 Å². The lowest BCUT2D eigenvalue weighted by atomic mass is 10.2. The molecule has 3 rings (SSSR count). The molecule has 0 fully saturated rings. The average Bonchev–Trinajstić information content (AvgIpc) is 3.07. The molecule has 0 saturated heterocycles. The van der Waals surface area contributed by atoms with E-state index in [1.807, 2.05) is 35.7 Å². The Bertz CT molecular complexity index is 718. The van der Waals surface area contributed by atoms with Crippen molar-refractivity contribution in [2.45, 2.75) is 32.4 Å². The van der Waals surface area contributed by atoms with Crippen LogP contribution in [0.15, 0.2) is 35.7 Å². The minimum absolute atomic E-state index is 0.0765. The maximum atomic E-state index is 12.1. The number of carbonyl (C=O) groups excluding carboxylic acids is 1. The van der Waals surface area contributed by atoms with Crippen LogP contribution in [0.1, 0.15) is 23.8 Å². The molecule has 2 aromatic rings. The summed E-state index contributed by atoms with van der Waals surface area (Å²) in [4.78, 5) is 15.5. The monoisotopic (exact) mass is 374 g/mol. The fourth-order valence-corrected chi connectivity index (χ4v) is 3.81. The van der Waals surface area contributed by atoms with E-state index in [9.17, 15) is 4.79 Å². The van der Waals surface area contributed by atoms with Gasteiger partial charge in [-0.1, -0.05) is 13.0 Å².